The lowest BCUT2D eigenvalue weighted by Crippen LogP contribution is -2.37. The predicted molar refractivity (Wildman–Crippen MR) is 168 cm³/mol. The Morgan fingerprint density at radius 1 is 1.17 bits per heavy atom. The van der Waals surface area contributed by atoms with Crippen LogP contribution in [0.5, 0.6) is 0 Å². The molecule has 9 nitrogen and oxygen atoms in total. The summed E-state index contributed by atoms with van der Waals surface area (Å²) in [4.78, 5) is 22.3. The van der Waals surface area contributed by atoms with Gasteiger partial charge < -0.3 is 15.7 Å². The monoisotopic (exact) mass is 572 g/mol. The lowest BCUT2D eigenvalue weighted by Gasteiger charge is -2.29. The summed E-state index contributed by atoms with van der Waals surface area (Å²) in [6, 6.07) is 2.15. The highest BCUT2D eigenvalue weighted by atomic mass is 16.3. The van der Waals surface area contributed by atoms with E-state index in [0.717, 1.165) is 68.1 Å². The van der Waals surface area contributed by atoms with Crippen molar-refractivity contribution in [2.75, 3.05) is 33.2 Å². The molecule has 224 valence electrons. The number of nitrogens with two attached hydrogens (primary N) is 1. The molecule has 1 aromatic rings. The van der Waals surface area contributed by atoms with Crippen molar-refractivity contribution in [3.8, 4) is 0 Å². The molecule has 9 heteroatoms. The Labute approximate surface area is 249 Å². The molecule has 1 amide bonds. The number of amidine groups is 1. The van der Waals surface area contributed by atoms with Crippen LogP contribution in [0.3, 0.4) is 0 Å². The standard InChI is InChI=1S/C33H45N7O2/c1-39-14-3-5-23(11-15-39)4-2-6-27-8-10-31(37-27)38-33(42)32(35)29-19-25(7-9-30(29)34)26-18-24(20-36-21-26)22-40-16-12-28(41)13-17-40/h8-10,18-21,23,25,28,35,41H,2-7,11-17,22,34H2,1H3/p+1. The molecule has 1 aromatic heterocycles. The lowest BCUT2D eigenvalue weighted by atomic mass is 9.87. The van der Waals surface area contributed by atoms with E-state index in [1.165, 1.54) is 38.8 Å². The van der Waals surface area contributed by atoms with Crippen LogP contribution in [-0.2, 0) is 11.3 Å². The summed E-state index contributed by atoms with van der Waals surface area (Å²) in [7, 11) is 2.21. The first kappa shape index (κ1) is 30.1. The van der Waals surface area contributed by atoms with Gasteiger partial charge in [0.1, 0.15) is 0 Å². The molecule has 2 unspecified atom stereocenters. The number of hydrogen-bond acceptors (Lipinski definition) is 7. The largest absolute Gasteiger partial charge is 0.398 e. The third-order valence-electron chi connectivity index (χ3n) is 9.03. The van der Waals surface area contributed by atoms with Crippen molar-refractivity contribution in [1.29, 1.82) is 5.41 Å². The minimum Gasteiger partial charge on any atom is -0.398 e. The van der Waals surface area contributed by atoms with Crippen molar-refractivity contribution in [3.05, 3.63) is 65.2 Å². The van der Waals surface area contributed by atoms with Crippen LogP contribution in [0, 0.1) is 11.3 Å². The smallest absolute Gasteiger partial charge is 0.375 e. The number of carbonyl (C=O) groups excluding carboxylic acids is 1. The van der Waals surface area contributed by atoms with Crippen LogP contribution in [0.4, 0.5) is 0 Å². The van der Waals surface area contributed by atoms with Gasteiger partial charge in [-0.2, -0.15) is 5.32 Å². The number of pyridine rings is 1. The SMILES string of the molecule is CN1CCCC(CCCC2=[N+]=C(NC(=O)C(=N)C3=CC(c4cncc(CN5CCC(O)CC5)c4)CC=C3N)C=C2)CC1. The first-order chi connectivity index (χ1) is 20.3. The fraction of sp³-hybridized carbons (Fsp3) is 0.545. The number of nitrogens with one attached hydrogen (secondary N) is 2. The van der Waals surface area contributed by atoms with Crippen molar-refractivity contribution in [1.82, 2.24) is 24.8 Å². The molecule has 4 aliphatic rings. The highest BCUT2D eigenvalue weighted by molar-refractivity contribution is 6.47. The summed E-state index contributed by atoms with van der Waals surface area (Å²) < 4.78 is 4.61. The number of aliphatic hydroxyl groups excluding tert-OH is 1. The second-order valence-electron chi connectivity index (χ2n) is 12.4. The molecule has 5 rings (SSSR count). The van der Waals surface area contributed by atoms with Gasteiger partial charge in [-0.05, 0) is 88.5 Å². The Hall–Kier alpha value is -3.36. The quantitative estimate of drug-likeness (QED) is 0.266. The molecule has 0 radical (unpaired) electrons. The molecule has 0 bridgehead atoms. The zero-order valence-corrected chi connectivity index (χ0v) is 24.9. The summed E-state index contributed by atoms with van der Waals surface area (Å²) in [5.41, 5.74) is 10.1. The number of piperidine rings is 1. The number of rotatable bonds is 9. The number of aliphatic hydroxyl groups is 1. The highest BCUT2D eigenvalue weighted by Crippen LogP contribution is 2.30. The number of nitrogens with zero attached hydrogens (tertiary/aromatic N) is 4. The van der Waals surface area contributed by atoms with Crippen LogP contribution >= 0.6 is 0 Å². The van der Waals surface area contributed by atoms with Crippen molar-refractivity contribution in [2.45, 2.75) is 76.4 Å². The fourth-order valence-corrected chi connectivity index (χ4v) is 6.41. The van der Waals surface area contributed by atoms with Crippen molar-refractivity contribution >= 4 is 23.2 Å². The van der Waals surface area contributed by atoms with Crippen LogP contribution < -0.4 is 15.7 Å². The van der Waals surface area contributed by atoms with E-state index in [1.54, 1.807) is 0 Å². The Kier molecular flexibility index (Phi) is 10.2. The lowest BCUT2D eigenvalue weighted by molar-refractivity contribution is -0.113. The predicted octanol–water partition coefficient (Wildman–Crippen LogP) is 2.81. The second kappa shape index (κ2) is 14.2. The molecule has 4 heterocycles. The van der Waals surface area contributed by atoms with E-state index in [4.69, 9.17) is 11.1 Å². The van der Waals surface area contributed by atoms with Crippen LogP contribution in [0.1, 0.15) is 74.8 Å². The minimum atomic E-state index is -0.510. The van der Waals surface area contributed by atoms with Crippen molar-refractivity contribution < 1.29 is 9.90 Å². The maximum absolute atomic E-state index is 13.0. The molecule has 0 spiro atoms. The summed E-state index contributed by atoms with van der Waals surface area (Å²) in [6.07, 6.45) is 20.5. The molecule has 0 saturated carbocycles. The van der Waals surface area contributed by atoms with Gasteiger partial charge in [-0.25, -0.2) is 9.46 Å². The molecule has 0 aromatic carbocycles. The van der Waals surface area contributed by atoms with E-state index in [-0.39, 0.29) is 17.7 Å². The molecule has 42 heavy (non-hydrogen) atoms. The van der Waals surface area contributed by atoms with Crippen molar-refractivity contribution in [3.63, 3.8) is 0 Å². The summed E-state index contributed by atoms with van der Waals surface area (Å²) in [6.45, 7) is 4.94. The average molecular weight is 573 g/mol. The minimum absolute atomic E-state index is 0.0198. The fourth-order valence-electron chi connectivity index (χ4n) is 6.41. The van der Waals surface area contributed by atoms with E-state index in [2.05, 4.69) is 37.9 Å². The number of hydrogen-bond donors (Lipinski definition) is 4. The van der Waals surface area contributed by atoms with Gasteiger partial charge in [-0.15, -0.1) is 0 Å². The maximum Gasteiger partial charge on any atom is 0.375 e. The zero-order chi connectivity index (χ0) is 29.5. The van der Waals surface area contributed by atoms with Gasteiger partial charge in [0.2, 0.25) is 5.71 Å². The first-order valence-electron chi connectivity index (χ1n) is 15.6. The maximum atomic E-state index is 13.0. The third-order valence-corrected chi connectivity index (χ3v) is 9.03. The Bertz CT molecular complexity index is 1320. The second-order valence-corrected chi connectivity index (χ2v) is 12.4. The van der Waals surface area contributed by atoms with Gasteiger partial charge in [-0.3, -0.25) is 15.3 Å². The summed E-state index contributed by atoms with van der Waals surface area (Å²) >= 11 is 0. The Morgan fingerprint density at radius 3 is 2.83 bits per heavy atom. The van der Waals surface area contributed by atoms with E-state index in [1.807, 2.05) is 36.7 Å². The molecule has 2 saturated heterocycles. The van der Waals surface area contributed by atoms with E-state index in [9.17, 15) is 9.90 Å². The topological polar surface area (TPSA) is 133 Å². The molecule has 2 fully saturated rings. The van der Waals surface area contributed by atoms with E-state index < -0.39 is 5.91 Å². The van der Waals surface area contributed by atoms with Gasteiger partial charge >= 0.3 is 11.7 Å². The molecule has 5 N–H and O–H groups in total. The molecular formula is C33H46N7O2+. The molecule has 1 aliphatic carbocycles. The molecule has 3 aliphatic heterocycles. The summed E-state index contributed by atoms with van der Waals surface area (Å²) in [5.74, 6) is 0.741. The Morgan fingerprint density at radius 2 is 2.00 bits per heavy atom. The van der Waals surface area contributed by atoms with Crippen LogP contribution in [-0.4, -0.2) is 82.4 Å². The summed E-state index contributed by atoms with van der Waals surface area (Å²) in [5, 5.41) is 21.2. The van der Waals surface area contributed by atoms with Crippen molar-refractivity contribution in [2.24, 2.45) is 11.7 Å². The van der Waals surface area contributed by atoms with E-state index in [0.29, 0.717) is 23.5 Å². The number of amides is 1. The van der Waals surface area contributed by atoms with E-state index >= 15 is 0 Å². The average Bonchev–Trinajstić information content (AvgIpc) is 3.32. The zero-order valence-electron chi connectivity index (χ0n) is 24.9. The first-order valence-corrected chi connectivity index (χ1v) is 15.6. The van der Waals surface area contributed by atoms with Crippen LogP contribution in [0.25, 0.3) is 0 Å². The molecular weight excluding hydrogens is 526 g/mol. The van der Waals surface area contributed by atoms with Gasteiger partial charge in [0.05, 0.1) is 12.2 Å². The van der Waals surface area contributed by atoms with Gasteiger partial charge in [0, 0.05) is 61.7 Å². The highest BCUT2D eigenvalue weighted by Gasteiger charge is 2.28. The molecule has 2 atom stereocenters. The number of allylic oxidation sites excluding steroid dienone is 4. The normalized spacial score (nSPS) is 24.0. The van der Waals surface area contributed by atoms with Gasteiger partial charge in [0.25, 0.3) is 0 Å². The van der Waals surface area contributed by atoms with Crippen LogP contribution in [0.2, 0.25) is 0 Å². The number of likely N-dealkylation sites (tertiary alicyclic amines) is 2. The third kappa shape index (κ3) is 8.13. The van der Waals surface area contributed by atoms with Gasteiger partial charge in [-0.1, -0.05) is 18.2 Å². The number of carbonyl (C=O) groups is 1. The number of aromatic nitrogens is 1. The Balaban J connectivity index is 1.16. The van der Waals surface area contributed by atoms with Crippen LogP contribution in [0.15, 0.2) is 54.0 Å². The van der Waals surface area contributed by atoms with Gasteiger partial charge in [0.15, 0.2) is 5.71 Å².